The van der Waals surface area contributed by atoms with Crippen molar-refractivity contribution in [2.75, 3.05) is 7.11 Å². The van der Waals surface area contributed by atoms with Gasteiger partial charge in [-0.1, -0.05) is 17.2 Å². The SMILES string of the molecule is COC(=O)C=C(C)CCC=C(C)CCCC1OC1C. The molecule has 1 fully saturated rings. The van der Waals surface area contributed by atoms with Gasteiger partial charge >= 0.3 is 5.97 Å². The minimum absolute atomic E-state index is 0.267. The molecule has 3 nitrogen and oxygen atoms in total. The van der Waals surface area contributed by atoms with Gasteiger partial charge in [0.1, 0.15) is 0 Å². The molecule has 0 aromatic carbocycles. The van der Waals surface area contributed by atoms with E-state index in [0.717, 1.165) is 24.8 Å². The second-order valence-electron chi connectivity index (χ2n) is 5.37. The van der Waals surface area contributed by atoms with Crippen LogP contribution in [-0.2, 0) is 14.3 Å². The molecule has 0 aromatic rings. The van der Waals surface area contributed by atoms with Gasteiger partial charge in [0.05, 0.1) is 19.3 Å². The third-order valence-corrected chi connectivity index (χ3v) is 3.49. The van der Waals surface area contributed by atoms with Gasteiger partial charge in [-0.2, -0.15) is 0 Å². The molecule has 0 bridgehead atoms. The van der Waals surface area contributed by atoms with Crippen molar-refractivity contribution in [2.24, 2.45) is 0 Å². The molecule has 0 aromatic heterocycles. The number of carbonyl (C=O) groups is 1. The lowest BCUT2D eigenvalue weighted by atomic mass is 10.0. The van der Waals surface area contributed by atoms with Crippen molar-refractivity contribution in [1.29, 1.82) is 0 Å². The normalized spacial score (nSPS) is 23.4. The highest BCUT2D eigenvalue weighted by Gasteiger charge is 2.32. The van der Waals surface area contributed by atoms with Crippen molar-refractivity contribution in [2.45, 2.75) is 65.1 Å². The van der Waals surface area contributed by atoms with Crippen LogP contribution in [0.1, 0.15) is 52.9 Å². The fourth-order valence-corrected chi connectivity index (χ4v) is 2.10. The highest BCUT2D eigenvalue weighted by atomic mass is 16.6. The van der Waals surface area contributed by atoms with Gasteiger partial charge in [0.25, 0.3) is 0 Å². The van der Waals surface area contributed by atoms with Gasteiger partial charge in [0, 0.05) is 6.08 Å². The number of ether oxygens (including phenoxy) is 2. The van der Waals surface area contributed by atoms with Crippen LogP contribution in [0, 0.1) is 0 Å². The Hall–Kier alpha value is -1.09. The Morgan fingerprint density at radius 3 is 2.53 bits per heavy atom. The quantitative estimate of drug-likeness (QED) is 0.290. The average Bonchev–Trinajstić information content (AvgIpc) is 3.05. The van der Waals surface area contributed by atoms with Gasteiger partial charge in [-0.3, -0.25) is 0 Å². The smallest absolute Gasteiger partial charge is 0.330 e. The summed E-state index contributed by atoms with van der Waals surface area (Å²) in [4.78, 5) is 11.0. The van der Waals surface area contributed by atoms with Crippen molar-refractivity contribution in [3.8, 4) is 0 Å². The Kier molecular flexibility index (Phi) is 6.85. The Labute approximate surface area is 116 Å². The van der Waals surface area contributed by atoms with E-state index in [1.165, 1.54) is 25.5 Å². The van der Waals surface area contributed by atoms with E-state index in [-0.39, 0.29) is 5.97 Å². The summed E-state index contributed by atoms with van der Waals surface area (Å²) in [7, 11) is 1.40. The summed E-state index contributed by atoms with van der Waals surface area (Å²) >= 11 is 0. The van der Waals surface area contributed by atoms with Crippen LogP contribution in [0.4, 0.5) is 0 Å². The number of esters is 1. The maximum Gasteiger partial charge on any atom is 0.330 e. The number of carbonyl (C=O) groups excluding carboxylic acids is 1. The van der Waals surface area contributed by atoms with Crippen molar-refractivity contribution in [1.82, 2.24) is 0 Å². The number of epoxide rings is 1. The molecule has 0 radical (unpaired) electrons. The highest BCUT2D eigenvalue weighted by Crippen LogP contribution is 2.26. The van der Waals surface area contributed by atoms with E-state index in [0.29, 0.717) is 12.2 Å². The van der Waals surface area contributed by atoms with E-state index in [1.54, 1.807) is 6.08 Å². The first-order valence-corrected chi connectivity index (χ1v) is 7.09. The van der Waals surface area contributed by atoms with Crippen molar-refractivity contribution < 1.29 is 14.3 Å². The number of hydrogen-bond acceptors (Lipinski definition) is 3. The topological polar surface area (TPSA) is 38.8 Å². The molecule has 1 rings (SSSR count). The lowest BCUT2D eigenvalue weighted by Crippen LogP contribution is -1.95. The fourth-order valence-electron chi connectivity index (χ4n) is 2.10. The number of methoxy groups -OCH3 is 1. The van der Waals surface area contributed by atoms with Crippen LogP contribution in [0.3, 0.4) is 0 Å². The van der Waals surface area contributed by atoms with E-state index >= 15 is 0 Å². The molecule has 0 aliphatic carbocycles. The highest BCUT2D eigenvalue weighted by molar-refractivity contribution is 5.82. The molecule has 0 spiro atoms. The number of allylic oxidation sites excluding steroid dienone is 3. The van der Waals surface area contributed by atoms with E-state index in [4.69, 9.17) is 4.74 Å². The Morgan fingerprint density at radius 1 is 1.26 bits per heavy atom. The van der Waals surface area contributed by atoms with Crippen molar-refractivity contribution >= 4 is 5.97 Å². The van der Waals surface area contributed by atoms with E-state index in [1.807, 2.05) is 6.92 Å². The summed E-state index contributed by atoms with van der Waals surface area (Å²) < 4.78 is 9.98. The van der Waals surface area contributed by atoms with Crippen LogP contribution in [0.5, 0.6) is 0 Å². The molecule has 2 atom stereocenters. The molecule has 1 saturated heterocycles. The molecule has 1 heterocycles. The molecule has 1 aliphatic heterocycles. The van der Waals surface area contributed by atoms with Gasteiger partial charge in [0.15, 0.2) is 0 Å². The summed E-state index contributed by atoms with van der Waals surface area (Å²) in [5.74, 6) is -0.267. The largest absolute Gasteiger partial charge is 0.466 e. The zero-order valence-corrected chi connectivity index (χ0v) is 12.6. The predicted molar refractivity (Wildman–Crippen MR) is 77.0 cm³/mol. The van der Waals surface area contributed by atoms with Crippen LogP contribution >= 0.6 is 0 Å². The van der Waals surface area contributed by atoms with E-state index in [9.17, 15) is 4.79 Å². The maximum absolute atomic E-state index is 11.0. The van der Waals surface area contributed by atoms with Crippen LogP contribution in [0.15, 0.2) is 23.3 Å². The Balaban J connectivity index is 2.13. The van der Waals surface area contributed by atoms with Gasteiger partial charge in [0.2, 0.25) is 0 Å². The summed E-state index contributed by atoms with van der Waals surface area (Å²) in [5, 5.41) is 0. The molecule has 0 amide bonds. The van der Waals surface area contributed by atoms with Gasteiger partial charge in [-0.05, 0) is 52.9 Å². The summed E-state index contributed by atoms with van der Waals surface area (Å²) in [6.07, 6.45) is 10.2. The van der Waals surface area contributed by atoms with Crippen molar-refractivity contribution in [3.05, 3.63) is 23.3 Å². The number of hydrogen-bond donors (Lipinski definition) is 0. The standard InChI is InChI=1S/C16H26O3/c1-12(8-6-10-15-14(3)19-15)7-5-9-13(2)11-16(17)18-4/h7,11,14-15H,5-6,8-10H2,1-4H3. The molecule has 0 N–H and O–H groups in total. The van der Waals surface area contributed by atoms with Crippen LogP contribution in [0.25, 0.3) is 0 Å². The van der Waals surface area contributed by atoms with Gasteiger partial charge in [-0.25, -0.2) is 4.79 Å². The lowest BCUT2D eigenvalue weighted by Gasteiger charge is -2.02. The maximum atomic E-state index is 11.0. The molecule has 1 aliphatic rings. The molecule has 0 saturated carbocycles. The molecular formula is C16H26O3. The number of rotatable bonds is 8. The Bertz CT molecular complexity index is 355. The first-order valence-electron chi connectivity index (χ1n) is 7.09. The monoisotopic (exact) mass is 266 g/mol. The third-order valence-electron chi connectivity index (χ3n) is 3.49. The van der Waals surface area contributed by atoms with E-state index < -0.39 is 0 Å². The fraction of sp³-hybridized carbons (Fsp3) is 0.688. The van der Waals surface area contributed by atoms with Gasteiger partial charge in [-0.15, -0.1) is 0 Å². The summed E-state index contributed by atoms with van der Waals surface area (Å²) in [6.45, 7) is 6.27. The molecule has 19 heavy (non-hydrogen) atoms. The molecular weight excluding hydrogens is 240 g/mol. The zero-order valence-electron chi connectivity index (χ0n) is 12.6. The van der Waals surface area contributed by atoms with Crippen LogP contribution in [-0.4, -0.2) is 25.3 Å². The Morgan fingerprint density at radius 2 is 1.95 bits per heavy atom. The zero-order chi connectivity index (χ0) is 14.3. The minimum atomic E-state index is -0.267. The van der Waals surface area contributed by atoms with Crippen LogP contribution in [0.2, 0.25) is 0 Å². The second kappa shape index (κ2) is 8.16. The molecule has 108 valence electrons. The lowest BCUT2D eigenvalue weighted by molar-refractivity contribution is -0.134. The first kappa shape index (κ1) is 16.0. The third kappa shape index (κ3) is 7.16. The first-order chi connectivity index (χ1) is 9.02. The van der Waals surface area contributed by atoms with Crippen LogP contribution < -0.4 is 0 Å². The average molecular weight is 266 g/mol. The summed E-state index contributed by atoms with van der Waals surface area (Å²) in [6, 6.07) is 0. The molecule has 3 heteroatoms. The predicted octanol–water partition coefficient (Wildman–Crippen LogP) is 3.79. The summed E-state index contributed by atoms with van der Waals surface area (Å²) in [5.41, 5.74) is 2.50. The second-order valence-corrected chi connectivity index (χ2v) is 5.37. The minimum Gasteiger partial charge on any atom is -0.466 e. The molecule has 2 unspecified atom stereocenters. The van der Waals surface area contributed by atoms with Gasteiger partial charge < -0.3 is 9.47 Å². The van der Waals surface area contributed by atoms with Crippen molar-refractivity contribution in [3.63, 3.8) is 0 Å². The van der Waals surface area contributed by atoms with E-state index in [2.05, 4.69) is 24.7 Å².